The molecule has 0 saturated carbocycles. The second kappa shape index (κ2) is 7.59. The minimum absolute atomic E-state index is 0.147. The summed E-state index contributed by atoms with van der Waals surface area (Å²) in [7, 11) is 0. The van der Waals surface area contributed by atoms with Gasteiger partial charge in [0.1, 0.15) is 0 Å². The molecule has 0 spiro atoms. The molecule has 1 atom stereocenters. The third kappa shape index (κ3) is 4.21. The van der Waals surface area contributed by atoms with Crippen LogP contribution in [0, 0.1) is 0 Å². The first-order valence-electron chi connectivity index (χ1n) is 7.96. The van der Waals surface area contributed by atoms with E-state index in [9.17, 15) is 4.79 Å². The molecule has 1 aromatic heterocycles. The van der Waals surface area contributed by atoms with Crippen LogP contribution in [0.3, 0.4) is 0 Å². The highest BCUT2D eigenvalue weighted by Gasteiger charge is 2.28. The van der Waals surface area contributed by atoms with E-state index in [4.69, 9.17) is 17.3 Å². The van der Waals surface area contributed by atoms with Gasteiger partial charge < -0.3 is 11.1 Å². The van der Waals surface area contributed by atoms with Crippen molar-refractivity contribution in [1.29, 1.82) is 0 Å². The number of hydrogen-bond acceptors (Lipinski definition) is 5. The Balaban J connectivity index is 1.61. The number of primary amides is 1. The maximum absolute atomic E-state index is 11.5. The highest BCUT2D eigenvalue weighted by molar-refractivity contribution is 6.29. The average Bonchev–Trinajstić information content (AvgIpc) is 3.03. The number of likely N-dealkylation sites (tertiary alicyclic amines) is 1. The first-order valence-corrected chi connectivity index (χ1v) is 8.34. The van der Waals surface area contributed by atoms with Crippen LogP contribution in [0.4, 0.5) is 5.69 Å². The minimum atomic E-state index is -0.233. The fraction of sp³-hybridized carbons (Fsp3) is 0.353. The Labute approximate surface area is 146 Å². The van der Waals surface area contributed by atoms with Gasteiger partial charge in [0.05, 0.1) is 18.3 Å². The number of amides is 1. The lowest BCUT2D eigenvalue weighted by Crippen LogP contribution is -2.39. The van der Waals surface area contributed by atoms with Gasteiger partial charge in [-0.05, 0) is 49.2 Å². The molecular weight excluding hydrogens is 326 g/mol. The van der Waals surface area contributed by atoms with Crippen LogP contribution in [0.15, 0.2) is 36.4 Å². The minimum Gasteiger partial charge on any atom is -0.379 e. The van der Waals surface area contributed by atoms with Crippen molar-refractivity contribution < 1.29 is 4.79 Å². The zero-order chi connectivity index (χ0) is 16.9. The molecule has 3 N–H and O–H groups in total. The monoisotopic (exact) mass is 345 g/mol. The van der Waals surface area contributed by atoms with Crippen molar-refractivity contribution in [3.05, 3.63) is 52.8 Å². The van der Waals surface area contributed by atoms with E-state index < -0.39 is 0 Å². The molecular formula is C17H20ClN5O. The van der Waals surface area contributed by atoms with E-state index in [-0.39, 0.29) is 11.9 Å². The summed E-state index contributed by atoms with van der Waals surface area (Å²) in [4.78, 5) is 13.6. The number of carbonyl (C=O) groups excluding carboxylic acids is 1. The molecule has 0 bridgehead atoms. The molecule has 0 aliphatic carbocycles. The van der Waals surface area contributed by atoms with Gasteiger partial charge in [0.25, 0.3) is 0 Å². The SMILES string of the molecule is NC(=O)C1CCCN1Cc1cccc(NCc2ccc(Cl)nn2)c1. The summed E-state index contributed by atoms with van der Waals surface area (Å²) >= 11 is 5.73. The largest absolute Gasteiger partial charge is 0.379 e. The zero-order valence-electron chi connectivity index (χ0n) is 13.3. The van der Waals surface area contributed by atoms with Crippen molar-refractivity contribution >= 4 is 23.2 Å². The van der Waals surface area contributed by atoms with Gasteiger partial charge in [-0.25, -0.2) is 0 Å². The Morgan fingerprint density at radius 3 is 2.96 bits per heavy atom. The van der Waals surface area contributed by atoms with Crippen LogP contribution >= 0.6 is 11.6 Å². The number of carbonyl (C=O) groups is 1. The summed E-state index contributed by atoms with van der Waals surface area (Å²) in [5.74, 6) is -0.233. The molecule has 1 amide bonds. The number of benzene rings is 1. The average molecular weight is 346 g/mol. The predicted octanol–water partition coefficient (Wildman–Crippen LogP) is 2.19. The maximum Gasteiger partial charge on any atom is 0.234 e. The second-order valence-corrected chi connectivity index (χ2v) is 6.32. The van der Waals surface area contributed by atoms with Gasteiger partial charge in [-0.3, -0.25) is 9.69 Å². The Bertz CT molecular complexity index is 706. The van der Waals surface area contributed by atoms with E-state index in [0.717, 1.165) is 42.9 Å². The third-order valence-corrected chi connectivity index (χ3v) is 4.37. The number of halogens is 1. The van der Waals surface area contributed by atoms with Gasteiger partial charge in [0.2, 0.25) is 5.91 Å². The topological polar surface area (TPSA) is 84.1 Å². The van der Waals surface area contributed by atoms with Crippen LogP contribution in [0.5, 0.6) is 0 Å². The molecule has 3 rings (SSSR count). The standard InChI is InChI=1S/C17H20ClN5O/c18-16-7-6-14(21-22-16)10-20-13-4-1-3-12(9-13)11-23-8-2-5-15(23)17(19)24/h1,3-4,6-7,9,15,20H,2,5,8,10-11H2,(H2,19,24). The van der Waals surface area contributed by atoms with Gasteiger partial charge in [-0.1, -0.05) is 23.7 Å². The Kier molecular flexibility index (Phi) is 5.27. The first kappa shape index (κ1) is 16.7. The highest BCUT2D eigenvalue weighted by Crippen LogP contribution is 2.21. The molecule has 1 aliphatic heterocycles. The Morgan fingerprint density at radius 1 is 1.33 bits per heavy atom. The lowest BCUT2D eigenvalue weighted by molar-refractivity contribution is -0.122. The van der Waals surface area contributed by atoms with Crippen molar-refractivity contribution in [2.24, 2.45) is 5.73 Å². The van der Waals surface area contributed by atoms with Crippen molar-refractivity contribution in [2.45, 2.75) is 32.0 Å². The maximum atomic E-state index is 11.5. The summed E-state index contributed by atoms with van der Waals surface area (Å²) in [5, 5.41) is 11.6. The summed E-state index contributed by atoms with van der Waals surface area (Å²) < 4.78 is 0. The number of rotatable bonds is 6. The summed E-state index contributed by atoms with van der Waals surface area (Å²) in [5.41, 5.74) is 8.44. The molecule has 7 heteroatoms. The van der Waals surface area contributed by atoms with Crippen LogP contribution in [-0.4, -0.2) is 33.6 Å². The molecule has 6 nitrogen and oxygen atoms in total. The first-order chi connectivity index (χ1) is 11.6. The van der Waals surface area contributed by atoms with Gasteiger partial charge in [0.15, 0.2) is 5.15 Å². The molecule has 2 heterocycles. The van der Waals surface area contributed by atoms with E-state index >= 15 is 0 Å². The number of nitrogens with zero attached hydrogens (tertiary/aromatic N) is 3. The predicted molar refractivity (Wildman–Crippen MR) is 93.4 cm³/mol. The van der Waals surface area contributed by atoms with Crippen LogP contribution in [0.1, 0.15) is 24.1 Å². The molecule has 1 aromatic carbocycles. The van der Waals surface area contributed by atoms with E-state index in [0.29, 0.717) is 11.7 Å². The van der Waals surface area contributed by atoms with Crippen LogP contribution in [-0.2, 0) is 17.9 Å². The lowest BCUT2D eigenvalue weighted by Gasteiger charge is -2.22. The lowest BCUT2D eigenvalue weighted by atomic mass is 10.1. The second-order valence-electron chi connectivity index (χ2n) is 5.93. The summed E-state index contributed by atoms with van der Waals surface area (Å²) in [6.45, 7) is 2.21. The van der Waals surface area contributed by atoms with Crippen molar-refractivity contribution in [1.82, 2.24) is 15.1 Å². The molecule has 2 aromatic rings. The van der Waals surface area contributed by atoms with Crippen LogP contribution < -0.4 is 11.1 Å². The number of nitrogens with two attached hydrogens (primary N) is 1. The highest BCUT2D eigenvalue weighted by atomic mass is 35.5. The summed E-state index contributed by atoms with van der Waals surface area (Å²) in [6.07, 6.45) is 1.86. The number of aromatic nitrogens is 2. The van der Waals surface area contributed by atoms with E-state index in [1.165, 1.54) is 0 Å². The van der Waals surface area contributed by atoms with Gasteiger partial charge >= 0.3 is 0 Å². The Hall–Kier alpha value is -2.18. The van der Waals surface area contributed by atoms with E-state index in [1.54, 1.807) is 6.07 Å². The van der Waals surface area contributed by atoms with Gasteiger partial charge in [0, 0.05) is 12.2 Å². The van der Waals surface area contributed by atoms with Crippen molar-refractivity contribution in [3.63, 3.8) is 0 Å². The number of hydrogen-bond donors (Lipinski definition) is 2. The third-order valence-electron chi connectivity index (χ3n) is 4.17. The van der Waals surface area contributed by atoms with Crippen molar-refractivity contribution in [2.75, 3.05) is 11.9 Å². The van der Waals surface area contributed by atoms with E-state index in [2.05, 4.69) is 32.5 Å². The van der Waals surface area contributed by atoms with Gasteiger partial charge in [-0.15, -0.1) is 5.10 Å². The van der Waals surface area contributed by atoms with E-state index in [1.807, 2.05) is 18.2 Å². The molecule has 24 heavy (non-hydrogen) atoms. The normalized spacial score (nSPS) is 17.8. The Morgan fingerprint density at radius 2 is 2.21 bits per heavy atom. The number of anilines is 1. The number of nitrogens with one attached hydrogen (secondary N) is 1. The smallest absolute Gasteiger partial charge is 0.234 e. The zero-order valence-corrected chi connectivity index (χ0v) is 14.0. The molecule has 1 fully saturated rings. The van der Waals surface area contributed by atoms with Crippen molar-refractivity contribution in [3.8, 4) is 0 Å². The fourth-order valence-corrected chi connectivity index (χ4v) is 3.08. The molecule has 126 valence electrons. The molecule has 0 radical (unpaired) electrons. The van der Waals surface area contributed by atoms with Crippen LogP contribution in [0.2, 0.25) is 5.15 Å². The molecule has 1 unspecified atom stereocenters. The molecule has 1 aliphatic rings. The molecule has 1 saturated heterocycles. The summed E-state index contributed by atoms with van der Waals surface area (Å²) in [6, 6.07) is 11.6. The fourth-order valence-electron chi connectivity index (χ4n) is 2.98. The van der Waals surface area contributed by atoms with Gasteiger partial charge in [-0.2, -0.15) is 5.10 Å². The van der Waals surface area contributed by atoms with Crippen LogP contribution in [0.25, 0.3) is 0 Å². The quantitative estimate of drug-likeness (QED) is 0.838.